The van der Waals surface area contributed by atoms with E-state index in [9.17, 15) is 4.79 Å². The quantitative estimate of drug-likeness (QED) is 0.847. The number of aromatic nitrogens is 1. The molecule has 0 unspecified atom stereocenters. The molecule has 6 heteroatoms. The van der Waals surface area contributed by atoms with Crippen LogP contribution in [0.15, 0.2) is 36.5 Å². The van der Waals surface area contributed by atoms with E-state index in [4.69, 9.17) is 14.2 Å². The number of hydrogen-bond donors (Lipinski definition) is 1. The van der Waals surface area contributed by atoms with Crippen LogP contribution in [0.25, 0.3) is 0 Å². The predicted molar refractivity (Wildman–Crippen MR) is 86.4 cm³/mol. The van der Waals surface area contributed by atoms with E-state index < -0.39 is 0 Å². The molecule has 0 saturated heterocycles. The largest absolute Gasteiger partial charge is 0.493 e. The summed E-state index contributed by atoms with van der Waals surface area (Å²) in [6.07, 6.45) is 2.40. The van der Waals surface area contributed by atoms with E-state index in [1.165, 1.54) is 21.3 Å². The van der Waals surface area contributed by atoms with Crippen molar-refractivity contribution in [2.45, 2.75) is 6.42 Å². The average Bonchev–Trinajstić information content (AvgIpc) is 2.61. The van der Waals surface area contributed by atoms with E-state index in [0.29, 0.717) is 35.8 Å². The Bertz CT molecular complexity index is 634. The maximum Gasteiger partial charge on any atom is 0.251 e. The smallest absolute Gasteiger partial charge is 0.251 e. The molecular weight excluding hydrogens is 296 g/mol. The Morgan fingerprint density at radius 3 is 2.30 bits per heavy atom. The minimum Gasteiger partial charge on any atom is -0.493 e. The van der Waals surface area contributed by atoms with Gasteiger partial charge in [0.15, 0.2) is 11.5 Å². The highest BCUT2D eigenvalue weighted by molar-refractivity contribution is 5.95. The summed E-state index contributed by atoms with van der Waals surface area (Å²) >= 11 is 0. The van der Waals surface area contributed by atoms with Crippen molar-refractivity contribution in [1.82, 2.24) is 10.3 Å². The Morgan fingerprint density at radius 2 is 1.78 bits per heavy atom. The van der Waals surface area contributed by atoms with Crippen molar-refractivity contribution in [3.63, 3.8) is 0 Å². The number of carbonyl (C=O) groups is 1. The molecule has 122 valence electrons. The van der Waals surface area contributed by atoms with Crippen LogP contribution in [0, 0.1) is 0 Å². The van der Waals surface area contributed by atoms with Crippen LogP contribution < -0.4 is 19.5 Å². The fourth-order valence-corrected chi connectivity index (χ4v) is 2.16. The number of pyridine rings is 1. The second-order valence-corrected chi connectivity index (χ2v) is 4.74. The van der Waals surface area contributed by atoms with Crippen LogP contribution in [0.2, 0.25) is 0 Å². The minimum atomic E-state index is -0.208. The summed E-state index contributed by atoms with van der Waals surface area (Å²) in [5.74, 6) is 1.14. The Labute approximate surface area is 135 Å². The predicted octanol–water partition coefficient (Wildman–Crippen LogP) is 2.08. The molecule has 2 rings (SSSR count). The first kappa shape index (κ1) is 16.6. The summed E-state index contributed by atoms with van der Waals surface area (Å²) in [7, 11) is 4.55. The summed E-state index contributed by atoms with van der Waals surface area (Å²) in [6, 6.07) is 8.95. The number of nitrogens with one attached hydrogen (secondary N) is 1. The van der Waals surface area contributed by atoms with Gasteiger partial charge in [-0.3, -0.25) is 9.78 Å². The third-order valence-corrected chi connectivity index (χ3v) is 3.32. The Hall–Kier alpha value is -2.76. The maximum atomic E-state index is 12.3. The first-order chi connectivity index (χ1) is 11.2. The van der Waals surface area contributed by atoms with E-state index in [1.807, 2.05) is 18.2 Å². The first-order valence-electron chi connectivity index (χ1n) is 7.17. The van der Waals surface area contributed by atoms with E-state index in [2.05, 4.69) is 10.3 Å². The lowest BCUT2D eigenvalue weighted by Gasteiger charge is -2.14. The summed E-state index contributed by atoms with van der Waals surface area (Å²) in [6.45, 7) is 0.493. The SMILES string of the molecule is COc1cc(C(=O)NCCc2ccccn2)cc(OC)c1OC. The molecule has 0 saturated carbocycles. The Kier molecular flexibility index (Phi) is 5.80. The molecule has 1 aromatic heterocycles. The molecule has 1 amide bonds. The molecule has 0 aliphatic rings. The molecule has 1 aromatic carbocycles. The molecule has 1 N–H and O–H groups in total. The lowest BCUT2D eigenvalue weighted by Crippen LogP contribution is -2.26. The highest BCUT2D eigenvalue weighted by Gasteiger charge is 2.16. The van der Waals surface area contributed by atoms with Crippen molar-refractivity contribution in [2.24, 2.45) is 0 Å². The summed E-state index contributed by atoms with van der Waals surface area (Å²) in [4.78, 5) is 16.5. The number of benzene rings is 1. The fraction of sp³-hybridized carbons (Fsp3) is 0.294. The van der Waals surface area contributed by atoms with Crippen LogP contribution in [-0.2, 0) is 6.42 Å². The molecule has 0 aliphatic heterocycles. The van der Waals surface area contributed by atoms with Gasteiger partial charge in [-0.05, 0) is 24.3 Å². The number of ether oxygens (including phenoxy) is 3. The zero-order valence-electron chi connectivity index (χ0n) is 13.5. The lowest BCUT2D eigenvalue weighted by atomic mass is 10.1. The molecule has 0 spiro atoms. The van der Waals surface area contributed by atoms with Gasteiger partial charge in [-0.2, -0.15) is 0 Å². The van der Waals surface area contributed by atoms with Gasteiger partial charge in [0.25, 0.3) is 5.91 Å². The highest BCUT2D eigenvalue weighted by Crippen LogP contribution is 2.38. The van der Waals surface area contributed by atoms with Gasteiger partial charge in [-0.25, -0.2) is 0 Å². The molecule has 23 heavy (non-hydrogen) atoms. The van der Waals surface area contributed by atoms with E-state index in [-0.39, 0.29) is 5.91 Å². The molecule has 1 heterocycles. The molecule has 0 aliphatic carbocycles. The zero-order chi connectivity index (χ0) is 16.7. The van der Waals surface area contributed by atoms with Gasteiger partial charge in [0.05, 0.1) is 21.3 Å². The van der Waals surface area contributed by atoms with Crippen molar-refractivity contribution < 1.29 is 19.0 Å². The van der Waals surface area contributed by atoms with Crippen LogP contribution in [0.3, 0.4) is 0 Å². The Morgan fingerprint density at radius 1 is 1.09 bits per heavy atom. The van der Waals surface area contributed by atoms with Gasteiger partial charge < -0.3 is 19.5 Å². The van der Waals surface area contributed by atoms with Gasteiger partial charge in [0.2, 0.25) is 5.75 Å². The third kappa shape index (κ3) is 4.12. The topological polar surface area (TPSA) is 69.7 Å². The van der Waals surface area contributed by atoms with Gasteiger partial charge in [0.1, 0.15) is 0 Å². The van der Waals surface area contributed by atoms with Gasteiger partial charge in [0, 0.05) is 30.4 Å². The van der Waals surface area contributed by atoms with E-state index in [0.717, 1.165) is 5.69 Å². The normalized spacial score (nSPS) is 10.0. The van der Waals surface area contributed by atoms with Crippen molar-refractivity contribution >= 4 is 5.91 Å². The second kappa shape index (κ2) is 8.03. The van der Waals surface area contributed by atoms with Crippen LogP contribution >= 0.6 is 0 Å². The monoisotopic (exact) mass is 316 g/mol. The van der Waals surface area contributed by atoms with Crippen LogP contribution in [0.4, 0.5) is 0 Å². The van der Waals surface area contributed by atoms with Crippen molar-refractivity contribution in [2.75, 3.05) is 27.9 Å². The lowest BCUT2D eigenvalue weighted by molar-refractivity contribution is 0.0953. The first-order valence-corrected chi connectivity index (χ1v) is 7.17. The van der Waals surface area contributed by atoms with Crippen LogP contribution in [0.5, 0.6) is 17.2 Å². The fourth-order valence-electron chi connectivity index (χ4n) is 2.16. The molecule has 0 radical (unpaired) electrons. The van der Waals surface area contributed by atoms with E-state index >= 15 is 0 Å². The standard InChI is InChI=1S/C17H20N2O4/c1-21-14-10-12(11-15(22-2)16(14)23-3)17(20)19-9-7-13-6-4-5-8-18-13/h4-6,8,10-11H,7,9H2,1-3H3,(H,19,20). The molecule has 0 bridgehead atoms. The second-order valence-electron chi connectivity index (χ2n) is 4.74. The number of hydrogen-bond acceptors (Lipinski definition) is 5. The van der Waals surface area contributed by atoms with E-state index in [1.54, 1.807) is 18.3 Å². The van der Waals surface area contributed by atoms with Crippen LogP contribution in [0.1, 0.15) is 16.1 Å². The molecule has 0 fully saturated rings. The van der Waals surface area contributed by atoms with Gasteiger partial charge in [-0.15, -0.1) is 0 Å². The third-order valence-electron chi connectivity index (χ3n) is 3.32. The van der Waals surface area contributed by atoms with Gasteiger partial charge in [-0.1, -0.05) is 6.07 Å². The van der Waals surface area contributed by atoms with Crippen molar-refractivity contribution in [1.29, 1.82) is 0 Å². The van der Waals surface area contributed by atoms with Crippen molar-refractivity contribution in [3.8, 4) is 17.2 Å². The summed E-state index contributed by atoms with van der Waals surface area (Å²) in [5.41, 5.74) is 1.37. The number of amides is 1. The molecule has 2 aromatic rings. The van der Waals surface area contributed by atoms with Crippen LogP contribution in [-0.4, -0.2) is 38.8 Å². The zero-order valence-corrected chi connectivity index (χ0v) is 13.5. The molecule has 0 atom stereocenters. The number of rotatable bonds is 7. The highest BCUT2D eigenvalue weighted by atomic mass is 16.5. The minimum absolute atomic E-state index is 0.208. The average molecular weight is 316 g/mol. The Balaban J connectivity index is 2.07. The summed E-state index contributed by atoms with van der Waals surface area (Å²) in [5, 5.41) is 2.86. The van der Waals surface area contributed by atoms with Crippen molar-refractivity contribution in [3.05, 3.63) is 47.8 Å². The number of nitrogens with zero attached hydrogens (tertiary/aromatic N) is 1. The number of carbonyl (C=O) groups excluding carboxylic acids is 1. The molecular formula is C17H20N2O4. The molecule has 6 nitrogen and oxygen atoms in total. The van der Waals surface area contributed by atoms with Gasteiger partial charge >= 0.3 is 0 Å². The summed E-state index contributed by atoms with van der Waals surface area (Å²) < 4.78 is 15.7. The maximum absolute atomic E-state index is 12.3. The number of methoxy groups -OCH3 is 3.